The molecular formula is C10H6BrN5O5. The molecule has 1 aromatic heterocycles. The molecule has 0 aliphatic rings. The second-order valence-electron chi connectivity index (χ2n) is 3.62. The number of nitro benzene ring substituents is 1. The fourth-order valence-electron chi connectivity index (χ4n) is 1.46. The SMILES string of the molecule is Nc1ncnc(Oc2c(Br)cccc2[N+](=O)[O-])c1[N+](=O)[O-]. The molecule has 0 atom stereocenters. The highest BCUT2D eigenvalue weighted by Crippen LogP contribution is 2.40. The van der Waals surface area contributed by atoms with Crippen LogP contribution in [0.25, 0.3) is 0 Å². The van der Waals surface area contributed by atoms with Crippen LogP contribution in [0, 0.1) is 20.2 Å². The number of nitro groups is 2. The highest BCUT2D eigenvalue weighted by Gasteiger charge is 2.27. The minimum atomic E-state index is -0.826. The number of nitrogens with two attached hydrogens (primary N) is 1. The monoisotopic (exact) mass is 355 g/mol. The van der Waals surface area contributed by atoms with E-state index < -0.39 is 27.2 Å². The zero-order valence-corrected chi connectivity index (χ0v) is 11.7. The van der Waals surface area contributed by atoms with Crippen molar-refractivity contribution in [2.75, 3.05) is 5.73 Å². The Hall–Kier alpha value is -2.82. The average molecular weight is 356 g/mol. The topological polar surface area (TPSA) is 147 Å². The van der Waals surface area contributed by atoms with Gasteiger partial charge in [-0.05, 0) is 22.0 Å². The van der Waals surface area contributed by atoms with E-state index in [1.165, 1.54) is 18.2 Å². The summed E-state index contributed by atoms with van der Waals surface area (Å²) in [6.45, 7) is 0. The van der Waals surface area contributed by atoms with Gasteiger partial charge in [0.1, 0.15) is 6.33 Å². The Labute approximate surface area is 125 Å². The minimum absolute atomic E-state index is 0.219. The molecule has 0 radical (unpaired) electrons. The largest absolute Gasteiger partial charge is 0.425 e. The molecule has 0 spiro atoms. The molecule has 108 valence electrons. The number of hydrogen-bond acceptors (Lipinski definition) is 8. The van der Waals surface area contributed by atoms with Gasteiger partial charge in [0.25, 0.3) is 0 Å². The van der Waals surface area contributed by atoms with Gasteiger partial charge < -0.3 is 10.5 Å². The van der Waals surface area contributed by atoms with Crippen molar-refractivity contribution in [2.45, 2.75) is 0 Å². The predicted molar refractivity (Wildman–Crippen MR) is 74.0 cm³/mol. The summed E-state index contributed by atoms with van der Waals surface area (Å²) >= 11 is 3.08. The Morgan fingerprint density at radius 3 is 2.52 bits per heavy atom. The van der Waals surface area contributed by atoms with Crippen LogP contribution in [0.5, 0.6) is 11.6 Å². The van der Waals surface area contributed by atoms with Crippen molar-refractivity contribution < 1.29 is 14.6 Å². The summed E-state index contributed by atoms with van der Waals surface area (Å²) in [6, 6.07) is 4.10. The zero-order valence-electron chi connectivity index (χ0n) is 10.1. The van der Waals surface area contributed by atoms with E-state index in [4.69, 9.17) is 10.5 Å². The summed E-state index contributed by atoms with van der Waals surface area (Å²) in [4.78, 5) is 27.5. The highest BCUT2D eigenvalue weighted by molar-refractivity contribution is 9.10. The summed E-state index contributed by atoms with van der Waals surface area (Å²) in [6.07, 6.45) is 0.959. The first-order chi connectivity index (χ1) is 9.91. The first-order valence-corrected chi connectivity index (χ1v) is 6.06. The van der Waals surface area contributed by atoms with E-state index in [0.717, 1.165) is 6.33 Å². The lowest BCUT2D eigenvalue weighted by molar-refractivity contribution is -0.387. The van der Waals surface area contributed by atoms with Crippen LogP contribution in [0.4, 0.5) is 17.2 Å². The number of rotatable bonds is 4. The van der Waals surface area contributed by atoms with Gasteiger partial charge in [-0.2, -0.15) is 4.98 Å². The molecule has 0 amide bonds. The van der Waals surface area contributed by atoms with E-state index in [2.05, 4.69) is 25.9 Å². The third kappa shape index (κ3) is 2.86. The quantitative estimate of drug-likeness (QED) is 0.649. The van der Waals surface area contributed by atoms with E-state index in [1.54, 1.807) is 0 Å². The molecule has 0 saturated carbocycles. The molecule has 11 heteroatoms. The molecule has 2 N–H and O–H groups in total. The van der Waals surface area contributed by atoms with Gasteiger partial charge in [-0.25, -0.2) is 4.98 Å². The van der Waals surface area contributed by atoms with Gasteiger partial charge in [-0.15, -0.1) is 0 Å². The number of benzene rings is 1. The van der Waals surface area contributed by atoms with Crippen molar-refractivity contribution >= 4 is 33.1 Å². The number of anilines is 1. The molecular weight excluding hydrogens is 350 g/mol. The maximum absolute atomic E-state index is 11.0. The first kappa shape index (κ1) is 14.6. The Morgan fingerprint density at radius 1 is 1.19 bits per heavy atom. The highest BCUT2D eigenvalue weighted by atomic mass is 79.9. The number of para-hydroxylation sites is 1. The van der Waals surface area contributed by atoms with E-state index >= 15 is 0 Å². The van der Waals surface area contributed by atoms with Crippen molar-refractivity contribution in [1.29, 1.82) is 0 Å². The second kappa shape index (κ2) is 5.66. The van der Waals surface area contributed by atoms with Crippen molar-refractivity contribution in [1.82, 2.24) is 9.97 Å². The Morgan fingerprint density at radius 2 is 1.90 bits per heavy atom. The van der Waals surface area contributed by atoms with Crippen LogP contribution in [0.15, 0.2) is 29.0 Å². The summed E-state index contributed by atoms with van der Waals surface area (Å²) in [5.74, 6) is -1.11. The second-order valence-corrected chi connectivity index (χ2v) is 4.47. The molecule has 2 aromatic rings. The van der Waals surface area contributed by atoms with Crippen molar-refractivity contribution in [3.05, 3.63) is 49.2 Å². The van der Waals surface area contributed by atoms with Gasteiger partial charge in [0, 0.05) is 6.07 Å². The maximum Gasteiger partial charge on any atom is 0.372 e. The average Bonchev–Trinajstić information content (AvgIpc) is 2.40. The van der Waals surface area contributed by atoms with E-state index in [1.807, 2.05) is 0 Å². The van der Waals surface area contributed by atoms with Crippen molar-refractivity contribution in [3.63, 3.8) is 0 Å². The van der Waals surface area contributed by atoms with E-state index in [9.17, 15) is 20.2 Å². The van der Waals surface area contributed by atoms with E-state index in [-0.39, 0.29) is 15.9 Å². The Kier molecular flexibility index (Phi) is 3.93. The summed E-state index contributed by atoms with van der Waals surface area (Å²) in [7, 11) is 0. The third-order valence-corrected chi connectivity index (χ3v) is 2.97. The molecule has 1 heterocycles. The van der Waals surface area contributed by atoms with Gasteiger partial charge in [-0.3, -0.25) is 20.2 Å². The van der Waals surface area contributed by atoms with Crippen LogP contribution in [0.1, 0.15) is 0 Å². The predicted octanol–water partition coefficient (Wildman–Crippen LogP) is 2.43. The lowest BCUT2D eigenvalue weighted by Gasteiger charge is -2.07. The van der Waals surface area contributed by atoms with Crippen LogP contribution in [0.2, 0.25) is 0 Å². The van der Waals surface area contributed by atoms with Crippen molar-refractivity contribution in [2.24, 2.45) is 0 Å². The summed E-state index contributed by atoms with van der Waals surface area (Å²) in [5.41, 5.74) is 4.35. The molecule has 21 heavy (non-hydrogen) atoms. The fraction of sp³-hybridized carbons (Fsp3) is 0. The molecule has 1 aromatic carbocycles. The summed E-state index contributed by atoms with van der Waals surface area (Å²) < 4.78 is 5.45. The lowest BCUT2D eigenvalue weighted by Crippen LogP contribution is -2.03. The number of nitrogens with zero attached hydrogens (tertiary/aromatic N) is 4. The van der Waals surface area contributed by atoms with Crippen LogP contribution >= 0.6 is 15.9 Å². The normalized spacial score (nSPS) is 10.1. The molecule has 0 unspecified atom stereocenters. The standard InChI is InChI=1S/C10H6BrN5O5/c11-5-2-1-3-6(15(17)18)8(5)21-10-7(16(19)20)9(12)13-4-14-10/h1-4H,(H2,12,13,14). The number of nitrogen functional groups attached to an aromatic ring is 1. The minimum Gasteiger partial charge on any atom is -0.425 e. The van der Waals surface area contributed by atoms with Gasteiger partial charge in [0.05, 0.1) is 14.3 Å². The smallest absolute Gasteiger partial charge is 0.372 e. The van der Waals surface area contributed by atoms with Crippen LogP contribution < -0.4 is 10.5 Å². The molecule has 0 aliphatic carbocycles. The van der Waals surface area contributed by atoms with Crippen molar-refractivity contribution in [3.8, 4) is 11.6 Å². The molecule has 10 nitrogen and oxygen atoms in total. The van der Waals surface area contributed by atoms with Crippen LogP contribution in [-0.2, 0) is 0 Å². The van der Waals surface area contributed by atoms with Gasteiger partial charge in [-0.1, -0.05) is 6.07 Å². The van der Waals surface area contributed by atoms with Crippen LogP contribution in [0.3, 0.4) is 0 Å². The number of ether oxygens (including phenoxy) is 1. The molecule has 2 rings (SSSR count). The third-order valence-electron chi connectivity index (χ3n) is 2.34. The first-order valence-electron chi connectivity index (χ1n) is 5.27. The Bertz CT molecular complexity index is 738. The molecule has 0 aliphatic heterocycles. The number of aromatic nitrogens is 2. The molecule has 0 bridgehead atoms. The number of halogens is 1. The molecule has 0 saturated heterocycles. The zero-order chi connectivity index (χ0) is 15.6. The van der Waals surface area contributed by atoms with Crippen LogP contribution in [-0.4, -0.2) is 19.8 Å². The Balaban J connectivity index is 2.56. The number of hydrogen-bond donors (Lipinski definition) is 1. The van der Waals surface area contributed by atoms with Gasteiger partial charge in [0.2, 0.25) is 11.6 Å². The maximum atomic E-state index is 11.0. The van der Waals surface area contributed by atoms with Gasteiger partial charge in [0.15, 0.2) is 0 Å². The lowest BCUT2D eigenvalue weighted by atomic mass is 10.3. The molecule has 0 fully saturated rings. The summed E-state index contributed by atoms with van der Waals surface area (Å²) in [5, 5.41) is 21.9. The van der Waals surface area contributed by atoms with Gasteiger partial charge >= 0.3 is 17.3 Å². The van der Waals surface area contributed by atoms with E-state index in [0.29, 0.717) is 0 Å². The fourth-order valence-corrected chi connectivity index (χ4v) is 1.90.